The van der Waals surface area contributed by atoms with Gasteiger partial charge in [0.15, 0.2) is 16.7 Å². The minimum atomic E-state index is -1.10. The molecule has 0 saturated carbocycles. The van der Waals surface area contributed by atoms with Gasteiger partial charge in [-0.3, -0.25) is 9.59 Å². The summed E-state index contributed by atoms with van der Waals surface area (Å²) in [4.78, 5) is 22.3. The Morgan fingerprint density at radius 3 is 2.86 bits per heavy atom. The Balaban J connectivity index is 1.99. The largest absolute Gasteiger partial charge is 0.490 e. The number of hydrogen-bond donors (Lipinski definition) is 2. The summed E-state index contributed by atoms with van der Waals surface area (Å²) in [7, 11) is 0. The lowest BCUT2D eigenvalue weighted by molar-refractivity contribution is -0.138. The molecule has 0 aromatic heterocycles. The van der Waals surface area contributed by atoms with Crippen molar-refractivity contribution in [2.45, 2.75) is 44.3 Å². The highest BCUT2D eigenvalue weighted by Crippen LogP contribution is 2.23. The van der Waals surface area contributed by atoms with Crippen molar-refractivity contribution >= 4 is 35.0 Å². The maximum absolute atomic E-state index is 13.8. The summed E-state index contributed by atoms with van der Waals surface area (Å²) in [6.07, 6.45) is 4.67. The van der Waals surface area contributed by atoms with Crippen molar-refractivity contribution in [1.82, 2.24) is 5.32 Å². The number of carbonyl (C=O) groups is 2. The maximum atomic E-state index is 13.8. The van der Waals surface area contributed by atoms with Crippen molar-refractivity contribution in [2.24, 2.45) is 10.2 Å². The van der Waals surface area contributed by atoms with Crippen molar-refractivity contribution in [3.05, 3.63) is 29.3 Å². The van der Waals surface area contributed by atoms with Crippen LogP contribution in [0.3, 0.4) is 0 Å². The predicted molar refractivity (Wildman–Crippen MR) is 103 cm³/mol. The van der Waals surface area contributed by atoms with Crippen molar-refractivity contribution in [3.8, 4) is 5.75 Å². The summed E-state index contributed by atoms with van der Waals surface area (Å²) >= 11 is 0.944. The van der Waals surface area contributed by atoms with Gasteiger partial charge < -0.3 is 15.2 Å². The van der Waals surface area contributed by atoms with Crippen molar-refractivity contribution in [3.63, 3.8) is 0 Å². The number of carboxylic acids is 1. The lowest BCUT2D eigenvalue weighted by Crippen LogP contribution is -2.26. The van der Waals surface area contributed by atoms with Crippen LogP contribution in [0.1, 0.15) is 44.6 Å². The van der Waals surface area contributed by atoms with Crippen LogP contribution < -0.4 is 10.1 Å². The van der Waals surface area contributed by atoms with Crippen LogP contribution in [0.25, 0.3) is 0 Å². The molecule has 2 rings (SSSR count). The Kier molecular flexibility index (Phi) is 8.37. The molecule has 0 radical (unpaired) electrons. The Hall–Kier alpha value is -2.49. The van der Waals surface area contributed by atoms with Crippen LogP contribution in [-0.4, -0.2) is 40.2 Å². The van der Waals surface area contributed by atoms with E-state index in [0.29, 0.717) is 0 Å². The van der Waals surface area contributed by atoms with E-state index in [-0.39, 0.29) is 29.5 Å². The number of nitrogens with one attached hydrogen (secondary N) is 1. The van der Waals surface area contributed by atoms with Gasteiger partial charge in [-0.05, 0) is 18.6 Å². The molecule has 152 valence electrons. The molecule has 1 aromatic rings. The van der Waals surface area contributed by atoms with E-state index >= 15 is 0 Å². The number of rotatable bonds is 10. The number of carboxylic acid groups (broad SMARTS) is 1. The van der Waals surface area contributed by atoms with E-state index in [1.54, 1.807) is 0 Å². The molecule has 1 unspecified atom stereocenters. The summed E-state index contributed by atoms with van der Waals surface area (Å²) in [6, 6.07) is 2.27. The van der Waals surface area contributed by atoms with Crippen LogP contribution >= 0.6 is 11.8 Å². The molecule has 1 fully saturated rings. The number of carbonyl (C=O) groups excluding carboxylic acids is 1. The average molecular weight is 413 g/mol. The molecule has 28 heavy (non-hydrogen) atoms. The number of benzene rings is 1. The zero-order valence-corrected chi connectivity index (χ0v) is 16.1. The predicted octanol–water partition coefficient (Wildman–Crippen LogP) is 3.32. The van der Waals surface area contributed by atoms with Gasteiger partial charge in [0.05, 0.1) is 19.2 Å². The number of thioether (sulfide) groups is 1. The standard InChI is InChI=1S/C18H21F2N3O4S/c1-2-3-4-5-6-27-13-8-11(7-12(19)16(13)20)10-21-23-18-22-17(26)14(28-18)9-15(24)25/h7-8,10,14H,2-6,9H2,1H3,(H,24,25)(H,22,23,26). The van der Waals surface area contributed by atoms with Gasteiger partial charge in [-0.15, -0.1) is 5.10 Å². The van der Waals surface area contributed by atoms with E-state index in [0.717, 1.165) is 43.5 Å². The molecule has 1 heterocycles. The van der Waals surface area contributed by atoms with Crippen LogP contribution in [0.5, 0.6) is 5.75 Å². The molecule has 1 saturated heterocycles. The third kappa shape index (κ3) is 6.59. The van der Waals surface area contributed by atoms with Gasteiger partial charge in [0.25, 0.3) is 0 Å². The minimum absolute atomic E-state index is 0.141. The summed E-state index contributed by atoms with van der Waals surface area (Å²) < 4.78 is 32.9. The number of ether oxygens (including phenoxy) is 1. The molecule has 1 atom stereocenters. The normalized spacial score (nSPS) is 18.0. The lowest BCUT2D eigenvalue weighted by atomic mass is 10.2. The first-order valence-electron chi connectivity index (χ1n) is 8.83. The first-order valence-corrected chi connectivity index (χ1v) is 9.70. The quantitative estimate of drug-likeness (QED) is 0.348. The number of halogens is 2. The van der Waals surface area contributed by atoms with Crippen molar-refractivity contribution in [2.75, 3.05) is 6.61 Å². The highest BCUT2D eigenvalue weighted by Gasteiger charge is 2.32. The second kappa shape index (κ2) is 10.7. The summed E-state index contributed by atoms with van der Waals surface area (Å²) in [5.74, 6) is -3.88. The van der Waals surface area contributed by atoms with E-state index in [9.17, 15) is 18.4 Å². The zero-order valence-electron chi connectivity index (χ0n) is 15.3. The van der Waals surface area contributed by atoms with E-state index < -0.39 is 28.8 Å². The zero-order chi connectivity index (χ0) is 20.5. The second-order valence-corrected chi connectivity index (χ2v) is 7.26. The van der Waals surface area contributed by atoms with E-state index in [1.165, 1.54) is 12.3 Å². The van der Waals surface area contributed by atoms with Gasteiger partial charge in [0, 0.05) is 5.56 Å². The molecule has 0 spiro atoms. The number of hydrogen-bond acceptors (Lipinski definition) is 6. The highest BCUT2D eigenvalue weighted by molar-refractivity contribution is 8.15. The Bertz CT molecular complexity index is 786. The first kappa shape index (κ1) is 21.8. The van der Waals surface area contributed by atoms with Crippen LogP contribution in [0.4, 0.5) is 8.78 Å². The molecule has 0 bridgehead atoms. The van der Waals surface area contributed by atoms with Gasteiger partial charge in [-0.2, -0.15) is 9.49 Å². The molecule has 10 heteroatoms. The Labute approximate surface area is 165 Å². The number of nitrogens with zero attached hydrogens (tertiary/aromatic N) is 2. The number of amidine groups is 1. The lowest BCUT2D eigenvalue weighted by Gasteiger charge is -2.08. The molecule has 1 aromatic carbocycles. The molecular formula is C18H21F2N3O4S. The highest BCUT2D eigenvalue weighted by atomic mass is 32.2. The number of unbranched alkanes of at least 4 members (excludes halogenated alkanes) is 3. The van der Waals surface area contributed by atoms with Crippen LogP contribution in [0.15, 0.2) is 22.3 Å². The van der Waals surface area contributed by atoms with Gasteiger partial charge in [0.1, 0.15) is 5.25 Å². The molecule has 1 amide bonds. The fourth-order valence-electron chi connectivity index (χ4n) is 2.37. The Morgan fingerprint density at radius 2 is 2.14 bits per heavy atom. The number of amides is 1. The van der Waals surface area contributed by atoms with E-state index in [1.807, 2.05) is 0 Å². The van der Waals surface area contributed by atoms with Crippen LogP contribution in [0.2, 0.25) is 0 Å². The monoisotopic (exact) mass is 413 g/mol. The molecular weight excluding hydrogens is 392 g/mol. The van der Waals surface area contributed by atoms with E-state index in [4.69, 9.17) is 9.84 Å². The van der Waals surface area contributed by atoms with Gasteiger partial charge in [-0.25, -0.2) is 4.39 Å². The van der Waals surface area contributed by atoms with Gasteiger partial charge in [0.2, 0.25) is 11.7 Å². The minimum Gasteiger partial charge on any atom is -0.490 e. The Morgan fingerprint density at radius 1 is 1.36 bits per heavy atom. The average Bonchev–Trinajstić information content (AvgIpc) is 2.97. The summed E-state index contributed by atoms with van der Waals surface area (Å²) in [6.45, 7) is 2.36. The van der Waals surface area contributed by atoms with E-state index in [2.05, 4.69) is 22.4 Å². The third-order valence-electron chi connectivity index (χ3n) is 3.76. The van der Waals surface area contributed by atoms with Gasteiger partial charge >= 0.3 is 5.97 Å². The second-order valence-electron chi connectivity index (χ2n) is 6.07. The molecule has 1 aliphatic heterocycles. The molecule has 2 N–H and O–H groups in total. The van der Waals surface area contributed by atoms with Crippen LogP contribution in [-0.2, 0) is 9.59 Å². The topological polar surface area (TPSA) is 100 Å². The first-order chi connectivity index (χ1) is 13.4. The molecule has 0 aliphatic carbocycles. The fraction of sp³-hybridized carbons (Fsp3) is 0.444. The summed E-state index contributed by atoms with van der Waals surface area (Å²) in [5.41, 5.74) is 0.239. The van der Waals surface area contributed by atoms with Crippen molar-refractivity contribution < 1.29 is 28.2 Å². The molecule has 7 nitrogen and oxygen atoms in total. The van der Waals surface area contributed by atoms with Crippen LogP contribution in [0, 0.1) is 11.6 Å². The number of aliphatic carboxylic acids is 1. The maximum Gasteiger partial charge on any atom is 0.305 e. The fourth-order valence-corrected chi connectivity index (χ4v) is 3.28. The van der Waals surface area contributed by atoms with Gasteiger partial charge in [-0.1, -0.05) is 37.9 Å². The van der Waals surface area contributed by atoms with Crippen molar-refractivity contribution in [1.29, 1.82) is 0 Å². The smallest absolute Gasteiger partial charge is 0.305 e. The third-order valence-corrected chi connectivity index (χ3v) is 4.84. The summed E-state index contributed by atoms with van der Waals surface area (Å²) in [5, 5.41) is 18.0. The SMILES string of the molecule is CCCCCCOc1cc(C=NN=C2NC(=O)C(CC(=O)O)S2)cc(F)c1F. The molecule has 1 aliphatic rings.